The number of rotatable bonds is 5. The summed E-state index contributed by atoms with van der Waals surface area (Å²) in [7, 11) is 0. The fourth-order valence-corrected chi connectivity index (χ4v) is 1.63. The molecule has 1 rings (SSSR count). The Morgan fingerprint density at radius 2 is 1.80 bits per heavy atom. The highest BCUT2D eigenvalue weighted by atomic mass is 35.5. The summed E-state index contributed by atoms with van der Waals surface area (Å²) in [5, 5.41) is 4.44. The SMILES string of the molecule is CC(C)NCCOc1cc(Cl)cc(Cl)c1. The summed E-state index contributed by atoms with van der Waals surface area (Å²) in [6.07, 6.45) is 0. The van der Waals surface area contributed by atoms with Gasteiger partial charge >= 0.3 is 0 Å². The molecule has 0 aliphatic heterocycles. The zero-order valence-electron chi connectivity index (χ0n) is 8.89. The van der Waals surface area contributed by atoms with E-state index in [-0.39, 0.29) is 0 Å². The predicted octanol–water partition coefficient (Wildman–Crippen LogP) is 3.37. The van der Waals surface area contributed by atoms with Crippen molar-refractivity contribution in [3.63, 3.8) is 0 Å². The first-order valence-electron chi connectivity index (χ1n) is 4.90. The maximum atomic E-state index is 5.83. The van der Waals surface area contributed by atoms with E-state index >= 15 is 0 Å². The van der Waals surface area contributed by atoms with Gasteiger partial charge in [-0.1, -0.05) is 37.0 Å². The molecule has 0 aliphatic rings. The second-order valence-electron chi connectivity index (χ2n) is 3.56. The molecule has 0 bridgehead atoms. The van der Waals surface area contributed by atoms with Gasteiger partial charge in [0.1, 0.15) is 12.4 Å². The van der Waals surface area contributed by atoms with Crippen molar-refractivity contribution in [2.24, 2.45) is 0 Å². The summed E-state index contributed by atoms with van der Waals surface area (Å²) < 4.78 is 5.49. The van der Waals surface area contributed by atoms with Crippen LogP contribution in [0.25, 0.3) is 0 Å². The second-order valence-corrected chi connectivity index (χ2v) is 4.44. The van der Waals surface area contributed by atoms with E-state index in [1.807, 2.05) is 0 Å². The molecule has 0 heterocycles. The first kappa shape index (κ1) is 12.6. The Kier molecular flexibility index (Phi) is 5.23. The largest absolute Gasteiger partial charge is 0.492 e. The molecule has 0 unspecified atom stereocenters. The van der Waals surface area contributed by atoms with Crippen molar-refractivity contribution in [2.45, 2.75) is 19.9 Å². The predicted molar refractivity (Wildman–Crippen MR) is 65.1 cm³/mol. The number of hydrogen-bond donors (Lipinski definition) is 1. The topological polar surface area (TPSA) is 21.3 Å². The summed E-state index contributed by atoms with van der Waals surface area (Å²) in [6, 6.07) is 5.66. The Hall–Kier alpha value is -0.440. The molecule has 0 radical (unpaired) electrons. The lowest BCUT2D eigenvalue weighted by molar-refractivity contribution is 0.309. The molecule has 0 saturated carbocycles. The fraction of sp³-hybridized carbons (Fsp3) is 0.455. The van der Waals surface area contributed by atoms with Crippen LogP contribution < -0.4 is 10.1 Å². The lowest BCUT2D eigenvalue weighted by atomic mass is 10.3. The zero-order chi connectivity index (χ0) is 11.3. The summed E-state index contributed by atoms with van der Waals surface area (Å²) in [4.78, 5) is 0. The standard InChI is InChI=1S/C11H15Cl2NO/c1-8(2)14-3-4-15-11-6-9(12)5-10(13)7-11/h5-8,14H,3-4H2,1-2H3. The maximum Gasteiger partial charge on any atom is 0.122 e. The Morgan fingerprint density at radius 3 is 2.33 bits per heavy atom. The average Bonchev–Trinajstić information content (AvgIpc) is 2.10. The van der Waals surface area contributed by atoms with Gasteiger partial charge in [-0.25, -0.2) is 0 Å². The molecule has 15 heavy (non-hydrogen) atoms. The number of nitrogens with one attached hydrogen (secondary N) is 1. The molecule has 1 aromatic carbocycles. The summed E-state index contributed by atoms with van der Waals surface area (Å²) >= 11 is 11.7. The van der Waals surface area contributed by atoms with Crippen molar-refractivity contribution in [1.29, 1.82) is 0 Å². The van der Waals surface area contributed by atoms with Gasteiger partial charge in [0, 0.05) is 22.6 Å². The molecule has 0 atom stereocenters. The molecular weight excluding hydrogens is 233 g/mol. The minimum absolute atomic E-state index is 0.469. The van der Waals surface area contributed by atoms with E-state index in [9.17, 15) is 0 Å². The van der Waals surface area contributed by atoms with Crippen molar-refractivity contribution in [3.05, 3.63) is 28.2 Å². The van der Waals surface area contributed by atoms with Crippen molar-refractivity contribution in [1.82, 2.24) is 5.32 Å². The third kappa shape index (κ3) is 5.26. The summed E-state index contributed by atoms with van der Waals surface area (Å²) in [5.41, 5.74) is 0. The van der Waals surface area contributed by atoms with Gasteiger partial charge in [-0.2, -0.15) is 0 Å². The first-order chi connectivity index (χ1) is 7.08. The highest BCUT2D eigenvalue weighted by Crippen LogP contribution is 2.23. The van der Waals surface area contributed by atoms with Gasteiger partial charge in [-0.3, -0.25) is 0 Å². The van der Waals surface area contributed by atoms with Gasteiger partial charge in [0.2, 0.25) is 0 Å². The second kappa shape index (κ2) is 6.21. The molecule has 0 fully saturated rings. The van der Waals surface area contributed by atoms with E-state index in [0.29, 0.717) is 28.4 Å². The lowest BCUT2D eigenvalue weighted by Gasteiger charge is -2.10. The third-order valence-electron chi connectivity index (χ3n) is 1.76. The van der Waals surface area contributed by atoms with E-state index in [0.717, 1.165) is 6.54 Å². The molecule has 1 N–H and O–H groups in total. The fourth-order valence-electron chi connectivity index (χ4n) is 1.13. The van der Waals surface area contributed by atoms with Crippen LogP contribution in [0, 0.1) is 0 Å². The molecule has 0 amide bonds. The van der Waals surface area contributed by atoms with Crippen LogP contribution in [0.2, 0.25) is 10.0 Å². The summed E-state index contributed by atoms with van der Waals surface area (Å²) in [6.45, 7) is 5.60. The van der Waals surface area contributed by atoms with Crippen LogP contribution in [-0.2, 0) is 0 Å². The van der Waals surface area contributed by atoms with E-state index in [1.165, 1.54) is 0 Å². The summed E-state index contributed by atoms with van der Waals surface area (Å²) in [5.74, 6) is 0.707. The van der Waals surface area contributed by atoms with Gasteiger partial charge in [0.25, 0.3) is 0 Å². The van der Waals surface area contributed by atoms with Crippen LogP contribution in [0.5, 0.6) is 5.75 Å². The molecule has 0 spiro atoms. The highest BCUT2D eigenvalue weighted by Gasteiger charge is 1.99. The van der Waals surface area contributed by atoms with E-state index in [2.05, 4.69) is 19.2 Å². The molecule has 0 aliphatic carbocycles. The number of halogens is 2. The zero-order valence-corrected chi connectivity index (χ0v) is 10.4. The van der Waals surface area contributed by atoms with E-state index in [4.69, 9.17) is 27.9 Å². The Bertz CT molecular complexity index is 295. The Labute approximate surface area is 101 Å². The molecule has 0 aromatic heterocycles. The molecule has 4 heteroatoms. The molecule has 1 aromatic rings. The van der Waals surface area contributed by atoms with Crippen LogP contribution in [0.15, 0.2) is 18.2 Å². The van der Waals surface area contributed by atoms with Gasteiger partial charge in [-0.05, 0) is 18.2 Å². The molecule has 2 nitrogen and oxygen atoms in total. The van der Waals surface area contributed by atoms with E-state index in [1.54, 1.807) is 18.2 Å². The van der Waals surface area contributed by atoms with Crippen LogP contribution in [0.4, 0.5) is 0 Å². The maximum absolute atomic E-state index is 5.83. The van der Waals surface area contributed by atoms with Crippen LogP contribution in [-0.4, -0.2) is 19.2 Å². The molecular formula is C11H15Cl2NO. The number of ether oxygens (including phenoxy) is 1. The minimum atomic E-state index is 0.469. The van der Waals surface area contributed by atoms with Crippen molar-refractivity contribution in [2.75, 3.05) is 13.2 Å². The normalized spacial score (nSPS) is 10.7. The van der Waals surface area contributed by atoms with Crippen molar-refractivity contribution >= 4 is 23.2 Å². The van der Waals surface area contributed by atoms with Gasteiger partial charge < -0.3 is 10.1 Å². The lowest BCUT2D eigenvalue weighted by Crippen LogP contribution is -2.27. The smallest absolute Gasteiger partial charge is 0.122 e. The van der Waals surface area contributed by atoms with Gasteiger partial charge in [0.15, 0.2) is 0 Å². The first-order valence-corrected chi connectivity index (χ1v) is 5.66. The molecule has 0 saturated heterocycles. The average molecular weight is 248 g/mol. The van der Waals surface area contributed by atoms with Crippen LogP contribution in [0.3, 0.4) is 0 Å². The number of benzene rings is 1. The van der Waals surface area contributed by atoms with E-state index < -0.39 is 0 Å². The monoisotopic (exact) mass is 247 g/mol. The Balaban J connectivity index is 2.37. The quantitative estimate of drug-likeness (QED) is 0.806. The highest BCUT2D eigenvalue weighted by molar-refractivity contribution is 6.34. The minimum Gasteiger partial charge on any atom is -0.492 e. The molecule has 84 valence electrons. The van der Waals surface area contributed by atoms with Crippen molar-refractivity contribution < 1.29 is 4.74 Å². The van der Waals surface area contributed by atoms with Crippen molar-refractivity contribution in [3.8, 4) is 5.75 Å². The third-order valence-corrected chi connectivity index (χ3v) is 2.20. The van der Waals surface area contributed by atoms with Gasteiger partial charge in [0.05, 0.1) is 0 Å². The van der Waals surface area contributed by atoms with Gasteiger partial charge in [-0.15, -0.1) is 0 Å². The van der Waals surface area contributed by atoms with Crippen LogP contribution in [0.1, 0.15) is 13.8 Å². The number of hydrogen-bond acceptors (Lipinski definition) is 2. The van der Waals surface area contributed by atoms with Crippen LogP contribution >= 0.6 is 23.2 Å². The Morgan fingerprint density at radius 1 is 1.20 bits per heavy atom.